The Morgan fingerprint density at radius 3 is 2.78 bits per heavy atom. The van der Waals surface area contributed by atoms with Crippen LogP contribution in [0.2, 0.25) is 0 Å². The Labute approximate surface area is 112 Å². The van der Waals surface area contributed by atoms with Crippen molar-refractivity contribution in [3.8, 4) is 11.4 Å². The van der Waals surface area contributed by atoms with Gasteiger partial charge in [-0.05, 0) is 24.0 Å². The van der Waals surface area contributed by atoms with E-state index in [1.165, 1.54) is 23.3 Å². The first-order valence-corrected chi connectivity index (χ1v) is 7.04. The van der Waals surface area contributed by atoms with Gasteiger partial charge in [0.1, 0.15) is 0 Å². The molecule has 0 atom stereocenters. The molecule has 0 saturated heterocycles. The molecule has 0 bridgehead atoms. The maximum atomic E-state index is 11.8. The minimum atomic E-state index is -1.63. The number of halogens is 2. The molecule has 6 heteroatoms. The Kier molecular flexibility index (Phi) is 4.83. The molecule has 0 amide bonds. The zero-order valence-corrected chi connectivity index (χ0v) is 11.0. The highest BCUT2D eigenvalue weighted by atomic mass is 32.2. The first-order chi connectivity index (χ1) is 8.75. The maximum absolute atomic E-state index is 11.8. The van der Waals surface area contributed by atoms with Crippen molar-refractivity contribution in [3.05, 3.63) is 42.5 Å². The van der Waals surface area contributed by atoms with Crippen LogP contribution in [0, 0.1) is 0 Å². The highest BCUT2D eigenvalue weighted by molar-refractivity contribution is 8.00. The number of hydrogen-bond acceptors (Lipinski definition) is 4. The predicted octanol–water partition coefficient (Wildman–Crippen LogP) is 4.47. The van der Waals surface area contributed by atoms with E-state index < -0.39 is 6.08 Å². The van der Waals surface area contributed by atoms with E-state index in [0.717, 1.165) is 16.0 Å². The monoisotopic (exact) mass is 284 g/mol. The Hall–Kier alpha value is -1.27. The maximum Gasteiger partial charge on any atom is 0.266 e. The average molecular weight is 284 g/mol. The summed E-state index contributed by atoms with van der Waals surface area (Å²) in [5, 5.41) is 0. The molecule has 18 heavy (non-hydrogen) atoms. The van der Waals surface area contributed by atoms with Crippen LogP contribution < -0.4 is 0 Å². The molecule has 0 spiro atoms. The molecule has 0 unspecified atom stereocenters. The summed E-state index contributed by atoms with van der Waals surface area (Å²) in [5.74, 6) is 1.27. The molecule has 0 saturated carbocycles. The molecule has 0 fully saturated rings. The highest BCUT2D eigenvalue weighted by Gasteiger charge is 2.06. The van der Waals surface area contributed by atoms with Crippen molar-refractivity contribution in [3.63, 3.8) is 0 Å². The molecule has 0 aliphatic heterocycles. The van der Waals surface area contributed by atoms with Crippen LogP contribution in [0.1, 0.15) is 6.42 Å². The van der Waals surface area contributed by atoms with Gasteiger partial charge in [-0.1, -0.05) is 42.1 Å². The smallest absolute Gasteiger partial charge is 0.208 e. The molecule has 1 aromatic carbocycles. The number of thioether (sulfide) groups is 1. The lowest BCUT2D eigenvalue weighted by atomic mass is 10.2. The topological polar surface area (TPSA) is 25.8 Å². The average Bonchev–Trinajstić information content (AvgIpc) is 2.84. The van der Waals surface area contributed by atoms with Crippen LogP contribution in [-0.4, -0.2) is 15.1 Å². The number of allylic oxidation sites excluding steroid dienone is 1. The Bertz CT molecular complexity index is 522. The fraction of sp³-hybridized carbons (Fsp3) is 0.167. The number of aromatic nitrogens is 2. The van der Waals surface area contributed by atoms with Crippen LogP contribution in [0.5, 0.6) is 0 Å². The van der Waals surface area contributed by atoms with E-state index in [1.54, 1.807) is 0 Å². The van der Waals surface area contributed by atoms with Crippen LogP contribution in [0.25, 0.3) is 11.4 Å². The summed E-state index contributed by atoms with van der Waals surface area (Å²) in [6, 6.07) is 9.68. The molecule has 0 N–H and O–H groups in total. The third-order valence-corrected chi connectivity index (χ3v) is 3.95. The van der Waals surface area contributed by atoms with Gasteiger partial charge in [-0.25, -0.2) is 4.98 Å². The molecule has 0 radical (unpaired) electrons. The molecule has 2 nitrogen and oxygen atoms in total. The normalized spacial score (nSPS) is 10.3. The van der Waals surface area contributed by atoms with Crippen LogP contribution in [0.15, 0.2) is 46.8 Å². The van der Waals surface area contributed by atoms with Crippen LogP contribution >= 0.6 is 23.3 Å². The molecule has 94 valence electrons. The third-order valence-electron chi connectivity index (χ3n) is 2.08. The summed E-state index contributed by atoms with van der Waals surface area (Å²) in [7, 11) is 0. The van der Waals surface area contributed by atoms with E-state index in [2.05, 4.69) is 9.36 Å². The number of nitrogens with zero attached hydrogens (tertiary/aromatic N) is 2. The summed E-state index contributed by atoms with van der Waals surface area (Å²) < 4.78 is 28.7. The molecule has 1 heterocycles. The standard InChI is InChI=1S/C12H10F2N2S2/c13-10(14)7-4-8-17-12-15-11(16-18-12)9-5-2-1-3-6-9/h1-3,5-7H,4,8H2. The molecule has 0 aliphatic rings. The van der Waals surface area contributed by atoms with E-state index in [9.17, 15) is 8.78 Å². The lowest BCUT2D eigenvalue weighted by Crippen LogP contribution is -1.80. The molecular formula is C12H10F2N2S2. The Morgan fingerprint density at radius 1 is 1.28 bits per heavy atom. The van der Waals surface area contributed by atoms with Gasteiger partial charge in [-0.2, -0.15) is 13.2 Å². The minimum absolute atomic E-state index is 0.341. The number of hydrogen-bond donors (Lipinski definition) is 0. The summed E-state index contributed by atoms with van der Waals surface area (Å²) in [6.07, 6.45) is -0.364. The van der Waals surface area contributed by atoms with Gasteiger partial charge in [0.25, 0.3) is 6.08 Å². The molecule has 2 rings (SSSR count). The van der Waals surface area contributed by atoms with Crippen LogP contribution in [-0.2, 0) is 0 Å². The zero-order valence-electron chi connectivity index (χ0n) is 9.35. The van der Waals surface area contributed by atoms with Gasteiger partial charge in [0.2, 0.25) is 0 Å². The summed E-state index contributed by atoms with van der Waals surface area (Å²) in [6.45, 7) is 0. The Morgan fingerprint density at radius 2 is 2.06 bits per heavy atom. The predicted molar refractivity (Wildman–Crippen MR) is 71.0 cm³/mol. The SMILES string of the molecule is FC(F)=CCCSc1nc(-c2ccccc2)ns1. The van der Waals surface area contributed by atoms with Crippen molar-refractivity contribution >= 4 is 23.3 Å². The van der Waals surface area contributed by atoms with Crippen molar-refractivity contribution in [1.82, 2.24) is 9.36 Å². The number of benzene rings is 1. The molecule has 0 aliphatic carbocycles. The summed E-state index contributed by atoms with van der Waals surface area (Å²) >= 11 is 2.74. The first kappa shape index (κ1) is 13.2. The summed E-state index contributed by atoms with van der Waals surface area (Å²) in [5.41, 5.74) is 0.968. The van der Waals surface area contributed by atoms with Gasteiger partial charge >= 0.3 is 0 Å². The van der Waals surface area contributed by atoms with Gasteiger partial charge in [0.15, 0.2) is 10.2 Å². The minimum Gasteiger partial charge on any atom is -0.208 e. The molecule has 2 aromatic rings. The van der Waals surface area contributed by atoms with Gasteiger partial charge < -0.3 is 0 Å². The van der Waals surface area contributed by atoms with Crippen molar-refractivity contribution < 1.29 is 8.78 Å². The molecular weight excluding hydrogens is 274 g/mol. The second kappa shape index (κ2) is 6.61. The van der Waals surface area contributed by atoms with Crippen LogP contribution in [0.4, 0.5) is 8.78 Å². The van der Waals surface area contributed by atoms with Crippen LogP contribution in [0.3, 0.4) is 0 Å². The van der Waals surface area contributed by atoms with Gasteiger partial charge in [0, 0.05) is 11.3 Å². The highest BCUT2D eigenvalue weighted by Crippen LogP contribution is 2.25. The molecule has 1 aromatic heterocycles. The zero-order chi connectivity index (χ0) is 12.8. The quantitative estimate of drug-likeness (QED) is 0.598. The summed E-state index contributed by atoms with van der Waals surface area (Å²) in [4.78, 5) is 4.36. The van der Waals surface area contributed by atoms with E-state index in [0.29, 0.717) is 18.0 Å². The Balaban J connectivity index is 1.93. The number of rotatable bonds is 5. The lowest BCUT2D eigenvalue weighted by molar-refractivity contribution is 0.418. The van der Waals surface area contributed by atoms with Gasteiger partial charge in [0.05, 0.1) is 0 Å². The van der Waals surface area contributed by atoms with E-state index >= 15 is 0 Å². The van der Waals surface area contributed by atoms with E-state index in [1.807, 2.05) is 30.3 Å². The fourth-order valence-electron chi connectivity index (χ4n) is 1.29. The lowest BCUT2D eigenvalue weighted by Gasteiger charge is -1.93. The second-order valence-corrected chi connectivity index (χ2v) is 5.47. The van der Waals surface area contributed by atoms with E-state index in [4.69, 9.17) is 0 Å². The van der Waals surface area contributed by atoms with Crippen molar-refractivity contribution in [2.24, 2.45) is 0 Å². The largest absolute Gasteiger partial charge is 0.266 e. The van der Waals surface area contributed by atoms with E-state index in [-0.39, 0.29) is 0 Å². The fourth-order valence-corrected chi connectivity index (χ4v) is 2.86. The van der Waals surface area contributed by atoms with Crippen molar-refractivity contribution in [1.29, 1.82) is 0 Å². The van der Waals surface area contributed by atoms with Gasteiger partial charge in [-0.15, -0.1) is 0 Å². The third kappa shape index (κ3) is 3.89. The van der Waals surface area contributed by atoms with Crippen molar-refractivity contribution in [2.75, 3.05) is 5.75 Å². The van der Waals surface area contributed by atoms with Gasteiger partial charge in [-0.3, -0.25) is 0 Å². The second-order valence-electron chi connectivity index (χ2n) is 3.38. The first-order valence-electron chi connectivity index (χ1n) is 5.29. The van der Waals surface area contributed by atoms with Crippen molar-refractivity contribution in [2.45, 2.75) is 10.8 Å².